The van der Waals surface area contributed by atoms with Crippen molar-refractivity contribution >= 4 is 23.2 Å². The quantitative estimate of drug-likeness (QED) is 0.277. The van der Waals surface area contributed by atoms with Crippen LogP contribution in [0.25, 0.3) is 0 Å². The lowest BCUT2D eigenvalue weighted by atomic mass is 10.2. The molecule has 0 aliphatic heterocycles. The summed E-state index contributed by atoms with van der Waals surface area (Å²) in [6.07, 6.45) is 1.46. The summed E-state index contributed by atoms with van der Waals surface area (Å²) in [7, 11) is 0. The van der Waals surface area contributed by atoms with Gasteiger partial charge in [0.15, 0.2) is 11.7 Å². The third-order valence-electron chi connectivity index (χ3n) is 4.47. The largest absolute Gasteiger partial charge is 0.459 e. The Labute approximate surface area is 185 Å². The lowest BCUT2D eigenvalue weighted by Gasteiger charge is -2.09. The minimum absolute atomic E-state index is 0.260. The Morgan fingerprint density at radius 1 is 0.844 bits per heavy atom. The number of amides is 1. The van der Waals surface area contributed by atoms with Crippen molar-refractivity contribution in [3.8, 4) is 11.5 Å². The standard InChI is InChI=1S/C25H22N4O3/c26-25(29-20-6-4-9-22(16-20)32-21-7-2-1-3-8-21)27-17-18-11-13-19(14-12-18)28-24(30)23-10-5-15-31-23/h1-16H,17H2,(H,28,30)(H3,26,27,29). The van der Waals surface area contributed by atoms with E-state index in [0.717, 1.165) is 17.0 Å². The molecule has 0 atom stereocenters. The number of para-hydroxylation sites is 1. The minimum Gasteiger partial charge on any atom is -0.459 e. The first kappa shape index (κ1) is 20.7. The first-order chi connectivity index (χ1) is 15.7. The number of carbonyl (C=O) groups excluding carboxylic acids is 1. The zero-order chi connectivity index (χ0) is 22.2. The molecule has 0 bridgehead atoms. The molecule has 0 saturated carbocycles. The molecule has 4 N–H and O–H groups in total. The maximum absolute atomic E-state index is 12.0. The molecule has 0 saturated heterocycles. The molecule has 160 valence electrons. The second-order valence-electron chi connectivity index (χ2n) is 6.90. The number of rotatable bonds is 7. The predicted molar refractivity (Wildman–Crippen MR) is 125 cm³/mol. The van der Waals surface area contributed by atoms with Crippen molar-refractivity contribution in [1.29, 1.82) is 0 Å². The van der Waals surface area contributed by atoms with Gasteiger partial charge in [-0.15, -0.1) is 0 Å². The molecule has 1 heterocycles. The highest BCUT2D eigenvalue weighted by molar-refractivity contribution is 6.02. The highest BCUT2D eigenvalue weighted by Gasteiger charge is 2.08. The van der Waals surface area contributed by atoms with E-state index in [1.807, 2.05) is 66.7 Å². The van der Waals surface area contributed by atoms with E-state index in [1.165, 1.54) is 6.26 Å². The number of nitrogens with zero attached hydrogens (tertiary/aromatic N) is 1. The highest BCUT2D eigenvalue weighted by Crippen LogP contribution is 2.23. The fraction of sp³-hybridized carbons (Fsp3) is 0.0400. The molecule has 0 aliphatic carbocycles. The van der Waals surface area contributed by atoms with Crippen LogP contribution in [0.2, 0.25) is 0 Å². The average molecular weight is 426 g/mol. The smallest absolute Gasteiger partial charge is 0.291 e. The first-order valence-electron chi connectivity index (χ1n) is 9.99. The molecule has 0 radical (unpaired) electrons. The third kappa shape index (κ3) is 5.76. The minimum atomic E-state index is -0.298. The molecule has 4 rings (SSSR count). The second-order valence-corrected chi connectivity index (χ2v) is 6.90. The molecule has 7 heteroatoms. The van der Waals surface area contributed by atoms with Gasteiger partial charge in [-0.25, -0.2) is 4.99 Å². The molecule has 0 aliphatic rings. The van der Waals surface area contributed by atoms with Crippen molar-refractivity contribution < 1.29 is 13.9 Å². The van der Waals surface area contributed by atoms with Crippen molar-refractivity contribution in [1.82, 2.24) is 0 Å². The van der Waals surface area contributed by atoms with Crippen molar-refractivity contribution in [2.24, 2.45) is 10.7 Å². The van der Waals surface area contributed by atoms with Gasteiger partial charge < -0.3 is 25.5 Å². The van der Waals surface area contributed by atoms with Gasteiger partial charge in [-0.3, -0.25) is 4.79 Å². The number of nitrogens with one attached hydrogen (secondary N) is 2. The van der Waals surface area contributed by atoms with Gasteiger partial charge in [0.05, 0.1) is 12.8 Å². The van der Waals surface area contributed by atoms with E-state index in [0.29, 0.717) is 18.0 Å². The summed E-state index contributed by atoms with van der Waals surface area (Å²) in [5.74, 6) is 1.71. The van der Waals surface area contributed by atoms with Crippen LogP contribution in [-0.4, -0.2) is 11.9 Å². The molecule has 3 aromatic carbocycles. The lowest BCUT2D eigenvalue weighted by Crippen LogP contribution is -2.22. The van der Waals surface area contributed by atoms with Gasteiger partial charge in [0, 0.05) is 17.4 Å². The second kappa shape index (κ2) is 9.99. The van der Waals surface area contributed by atoms with Crippen LogP contribution in [0.1, 0.15) is 16.1 Å². The fourth-order valence-electron chi connectivity index (χ4n) is 2.92. The van der Waals surface area contributed by atoms with Gasteiger partial charge in [-0.1, -0.05) is 36.4 Å². The summed E-state index contributed by atoms with van der Waals surface area (Å²) >= 11 is 0. The Hall–Kier alpha value is -4.52. The van der Waals surface area contributed by atoms with E-state index >= 15 is 0 Å². The Balaban J connectivity index is 1.32. The molecular weight excluding hydrogens is 404 g/mol. The van der Waals surface area contributed by atoms with Crippen LogP contribution in [-0.2, 0) is 6.54 Å². The Kier molecular flexibility index (Phi) is 6.48. The number of ether oxygens (including phenoxy) is 1. The third-order valence-corrected chi connectivity index (χ3v) is 4.47. The number of benzene rings is 3. The molecule has 0 spiro atoms. The molecule has 1 amide bonds. The molecule has 1 aromatic heterocycles. The zero-order valence-corrected chi connectivity index (χ0v) is 17.2. The number of anilines is 2. The summed E-state index contributed by atoms with van der Waals surface area (Å²) in [4.78, 5) is 16.4. The molecular formula is C25H22N4O3. The Morgan fingerprint density at radius 2 is 1.62 bits per heavy atom. The van der Waals surface area contributed by atoms with E-state index in [9.17, 15) is 4.79 Å². The predicted octanol–water partition coefficient (Wildman–Crippen LogP) is 5.25. The first-order valence-corrected chi connectivity index (χ1v) is 9.99. The van der Waals surface area contributed by atoms with Crippen LogP contribution in [0.3, 0.4) is 0 Å². The fourth-order valence-corrected chi connectivity index (χ4v) is 2.92. The van der Waals surface area contributed by atoms with Crippen LogP contribution < -0.4 is 21.1 Å². The van der Waals surface area contributed by atoms with E-state index in [-0.39, 0.29) is 17.6 Å². The van der Waals surface area contributed by atoms with Crippen LogP contribution in [0.15, 0.2) is 107 Å². The molecule has 4 aromatic rings. The van der Waals surface area contributed by atoms with Gasteiger partial charge in [0.2, 0.25) is 0 Å². The van der Waals surface area contributed by atoms with Gasteiger partial charge in [0.1, 0.15) is 11.5 Å². The summed E-state index contributed by atoms with van der Waals surface area (Å²) < 4.78 is 10.9. The Bertz CT molecular complexity index is 1190. The maximum Gasteiger partial charge on any atom is 0.291 e. The van der Waals surface area contributed by atoms with E-state index in [1.54, 1.807) is 24.3 Å². The number of furan rings is 1. The number of aliphatic imine (C=N–C) groups is 1. The van der Waals surface area contributed by atoms with Crippen molar-refractivity contribution in [3.63, 3.8) is 0 Å². The lowest BCUT2D eigenvalue weighted by molar-refractivity contribution is 0.0996. The van der Waals surface area contributed by atoms with Gasteiger partial charge in [-0.05, 0) is 54.1 Å². The normalized spacial score (nSPS) is 11.1. The van der Waals surface area contributed by atoms with Gasteiger partial charge >= 0.3 is 0 Å². The number of hydrogen-bond acceptors (Lipinski definition) is 4. The van der Waals surface area contributed by atoms with Crippen molar-refractivity contribution in [3.05, 3.63) is 109 Å². The van der Waals surface area contributed by atoms with Gasteiger partial charge in [-0.2, -0.15) is 0 Å². The zero-order valence-electron chi connectivity index (χ0n) is 17.2. The van der Waals surface area contributed by atoms with E-state index in [4.69, 9.17) is 14.9 Å². The molecule has 32 heavy (non-hydrogen) atoms. The number of guanidine groups is 1. The SMILES string of the molecule is NC(=NCc1ccc(NC(=O)c2ccco2)cc1)Nc1cccc(Oc2ccccc2)c1. The molecule has 7 nitrogen and oxygen atoms in total. The maximum atomic E-state index is 12.0. The van der Waals surface area contributed by atoms with E-state index < -0.39 is 0 Å². The molecule has 0 fully saturated rings. The molecule has 0 unspecified atom stereocenters. The topological polar surface area (TPSA) is 102 Å². The average Bonchev–Trinajstić information content (AvgIpc) is 3.35. The van der Waals surface area contributed by atoms with Crippen LogP contribution in [0.5, 0.6) is 11.5 Å². The summed E-state index contributed by atoms with van der Waals surface area (Å²) in [6, 6.07) is 27.7. The van der Waals surface area contributed by atoms with Crippen LogP contribution >= 0.6 is 0 Å². The number of hydrogen-bond donors (Lipinski definition) is 3. The van der Waals surface area contributed by atoms with Crippen molar-refractivity contribution in [2.45, 2.75) is 6.54 Å². The highest BCUT2D eigenvalue weighted by atomic mass is 16.5. The summed E-state index contributed by atoms with van der Waals surface area (Å²) in [6.45, 7) is 0.394. The number of nitrogens with two attached hydrogens (primary N) is 1. The van der Waals surface area contributed by atoms with E-state index in [2.05, 4.69) is 15.6 Å². The number of carbonyl (C=O) groups is 1. The summed E-state index contributed by atoms with van der Waals surface area (Å²) in [5.41, 5.74) is 8.43. The van der Waals surface area contributed by atoms with Crippen LogP contribution in [0.4, 0.5) is 11.4 Å². The Morgan fingerprint density at radius 3 is 2.38 bits per heavy atom. The monoisotopic (exact) mass is 426 g/mol. The van der Waals surface area contributed by atoms with Crippen LogP contribution in [0, 0.1) is 0 Å². The van der Waals surface area contributed by atoms with Gasteiger partial charge in [0.25, 0.3) is 5.91 Å². The summed E-state index contributed by atoms with van der Waals surface area (Å²) in [5, 5.41) is 5.85. The van der Waals surface area contributed by atoms with Crippen molar-refractivity contribution in [2.75, 3.05) is 10.6 Å².